The summed E-state index contributed by atoms with van der Waals surface area (Å²) in [5, 5.41) is 4.45. The van der Waals surface area contributed by atoms with Crippen molar-refractivity contribution in [2.45, 2.75) is 26.4 Å². The van der Waals surface area contributed by atoms with Gasteiger partial charge in [-0.1, -0.05) is 11.6 Å². The van der Waals surface area contributed by atoms with Gasteiger partial charge in [0.15, 0.2) is 9.04 Å². The fourth-order valence-electron chi connectivity index (χ4n) is 1.22. The first kappa shape index (κ1) is 22.3. The summed E-state index contributed by atoms with van der Waals surface area (Å²) in [6.45, 7) is 5.91. The van der Waals surface area contributed by atoms with Gasteiger partial charge >= 0.3 is 26.2 Å². The second kappa shape index (κ2) is 11.2. The van der Waals surface area contributed by atoms with Crippen molar-refractivity contribution in [3.63, 3.8) is 0 Å². The Morgan fingerprint density at radius 1 is 1.25 bits per heavy atom. The van der Waals surface area contributed by atoms with Crippen LogP contribution in [-0.2, 0) is 32.6 Å². The molecule has 1 aliphatic rings. The monoisotopic (exact) mass is 372 g/mol. The van der Waals surface area contributed by atoms with Crippen molar-refractivity contribution in [1.82, 2.24) is 0 Å². The summed E-state index contributed by atoms with van der Waals surface area (Å²) in [6, 6.07) is 0. The molecule has 0 aliphatic heterocycles. The molecule has 16 heavy (non-hydrogen) atoms. The Labute approximate surface area is 135 Å². The van der Waals surface area contributed by atoms with Crippen molar-refractivity contribution in [3.8, 4) is 0 Å². The van der Waals surface area contributed by atoms with Crippen LogP contribution in [0.5, 0.6) is 0 Å². The largest absolute Gasteiger partial charge is 2.00 e. The van der Waals surface area contributed by atoms with Crippen LogP contribution in [0.15, 0.2) is 16.3 Å². The summed E-state index contributed by atoms with van der Waals surface area (Å²) in [5.41, 5.74) is 4.45. The zero-order valence-corrected chi connectivity index (χ0v) is 15.6. The fraction of sp³-hybridized carbons (Fsp3) is 0.400. The van der Waals surface area contributed by atoms with E-state index in [1.807, 2.05) is 13.1 Å². The molecule has 90 valence electrons. The van der Waals surface area contributed by atoms with Crippen molar-refractivity contribution in [2.24, 2.45) is 0 Å². The first-order valence-corrected chi connectivity index (χ1v) is 8.26. The van der Waals surface area contributed by atoms with Crippen LogP contribution in [0.4, 0.5) is 0 Å². The van der Waals surface area contributed by atoms with E-state index in [0.29, 0.717) is 0 Å². The minimum atomic E-state index is -1.14. The van der Waals surface area contributed by atoms with Crippen molar-refractivity contribution < 1.29 is 55.8 Å². The molecule has 0 radical (unpaired) electrons. The number of hydrogen-bond acceptors (Lipinski definition) is 2. The van der Waals surface area contributed by atoms with E-state index >= 15 is 0 Å². The van der Waals surface area contributed by atoms with E-state index < -0.39 is 9.04 Å². The average Bonchev–Trinajstić information content (AvgIpc) is 2.43. The van der Waals surface area contributed by atoms with Crippen LogP contribution < -0.4 is 24.8 Å². The van der Waals surface area contributed by atoms with Crippen molar-refractivity contribution >= 4 is 26.5 Å². The standard InChI is InChI=1S/C8H8S.C2H8OSi.2ClH.Zr/c1-6-2-7-4-9-5-8(7)3-6;1-4(2)3;;;/h2,4-5H,3H2,1H3;3-4H,1-2H3;2*1H;/q;;;;+2/p-2. The molecule has 1 heterocycles. The molecule has 0 aromatic carbocycles. The topological polar surface area (TPSA) is 20.2 Å². The molecule has 0 saturated carbocycles. The van der Waals surface area contributed by atoms with E-state index in [9.17, 15) is 0 Å². The summed E-state index contributed by atoms with van der Waals surface area (Å²) in [4.78, 5) is 8.19. The second-order valence-corrected chi connectivity index (χ2v) is 6.54. The van der Waals surface area contributed by atoms with Crippen molar-refractivity contribution in [2.75, 3.05) is 0 Å². The molecule has 1 nitrogen and oxygen atoms in total. The Balaban J connectivity index is -0.000000218. The maximum Gasteiger partial charge on any atom is 2.00 e. The summed E-state index contributed by atoms with van der Waals surface area (Å²) in [5.74, 6) is 0. The predicted octanol–water partition coefficient (Wildman–Crippen LogP) is -3.32. The van der Waals surface area contributed by atoms with Gasteiger partial charge in [-0.2, -0.15) is 11.3 Å². The van der Waals surface area contributed by atoms with Gasteiger partial charge in [-0.05, 0) is 48.3 Å². The predicted molar refractivity (Wildman–Crippen MR) is 62.8 cm³/mol. The molecule has 0 fully saturated rings. The van der Waals surface area contributed by atoms with E-state index in [-0.39, 0.29) is 51.0 Å². The van der Waals surface area contributed by atoms with Crippen LogP contribution in [0, 0.1) is 0 Å². The Kier molecular flexibility index (Phi) is 15.6. The fourth-order valence-corrected chi connectivity index (χ4v) is 2.04. The zero-order chi connectivity index (χ0) is 9.84. The summed E-state index contributed by atoms with van der Waals surface area (Å²) in [6.07, 6.45) is 3.45. The molecule has 2 rings (SSSR count). The van der Waals surface area contributed by atoms with Crippen LogP contribution in [0.25, 0.3) is 6.08 Å². The molecule has 0 spiro atoms. The van der Waals surface area contributed by atoms with Crippen LogP contribution in [0.2, 0.25) is 13.1 Å². The molecule has 0 saturated heterocycles. The van der Waals surface area contributed by atoms with E-state index in [1.54, 1.807) is 11.3 Å². The van der Waals surface area contributed by atoms with Crippen LogP contribution in [0.3, 0.4) is 0 Å². The third kappa shape index (κ3) is 8.21. The Bertz CT molecular complexity index is 313. The molecule has 0 bridgehead atoms. The molecule has 1 N–H and O–H groups in total. The van der Waals surface area contributed by atoms with Gasteiger partial charge in [0.25, 0.3) is 0 Å². The van der Waals surface area contributed by atoms with E-state index in [0.717, 1.165) is 0 Å². The number of halogens is 2. The quantitative estimate of drug-likeness (QED) is 0.471. The third-order valence-electron chi connectivity index (χ3n) is 1.65. The van der Waals surface area contributed by atoms with E-state index in [1.165, 1.54) is 23.1 Å². The second-order valence-electron chi connectivity index (χ2n) is 3.61. The Morgan fingerprint density at radius 3 is 2.19 bits per heavy atom. The summed E-state index contributed by atoms with van der Waals surface area (Å²) in [7, 11) is -1.14. The normalized spacial score (nSPS) is 10.9. The Morgan fingerprint density at radius 2 is 1.75 bits per heavy atom. The molecular weight excluding hydrogens is 358 g/mol. The van der Waals surface area contributed by atoms with Gasteiger partial charge in [-0.25, -0.2) is 0 Å². The van der Waals surface area contributed by atoms with Crippen LogP contribution in [-0.4, -0.2) is 13.8 Å². The van der Waals surface area contributed by atoms with Gasteiger partial charge in [0, 0.05) is 0 Å². The van der Waals surface area contributed by atoms with Gasteiger partial charge in [-0.15, -0.1) is 0 Å². The number of fused-ring (bicyclic) bond motifs is 1. The van der Waals surface area contributed by atoms with Gasteiger partial charge in [0.05, 0.1) is 0 Å². The zero-order valence-electron chi connectivity index (χ0n) is 9.63. The van der Waals surface area contributed by atoms with Gasteiger partial charge in [0.2, 0.25) is 0 Å². The Hall–Kier alpha value is 1.08. The van der Waals surface area contributed by atoms with E-state index in [2.05, 4.69) is 23.8 Å². The molecule has 0 atom stereocenters. The molecule has 0 amide bonds. The SMILES string of the molecule is CC1=Cc2cscc2C1.C[SiH](C)O.[Cl-].[Cl-].[Zr+2]. The first-order valence-electron chi connectivity index (χ1n) is 4.50. The average molecular weight is 375 g/mol. The smallest absolute Gasteiger partial charge is 1.00 e. The number of thiophene rings is 1. The molecular formula is C10H16Cl2OSSiZr. The molecule has 1 aliphatic carbocycles. The van der Waals surface area contributed by atoms with Crippen molar-refractivity contribution in [1.29, 1.82) is 0 Å². The van der Waals surface area contributed by atoms with Gasteiger partial charge in [0.1, 0.15) is 0 Å². The molecule has 1 aromatic rings. The van der Waals surface area contributed by atoms with Crippen LogP contribution in [0.1, 0.15) is 18.1 Å². The van der Waals surface area contributed by atoms with Gasteiger partial charge in [-0.3, -0.25) is 0 Å². The minimum Gasteiger partial charge on any atom is -1.00 e. The summed E-state index contributed by atoms with van der Waals surface area (Å²) < 4.78 is 0. The molecule has 0 unspecified atom stereocenters. The van der Waals surface area contributed by atoms with Crippen LogP contribution >= 0.6 is 11.3 Å². The third-order valence-corrected chi connectivity index (χ3v) is 2.46. The maximum atomic E-state index is 8.19. The molecule has 1 aromatic heterocycles. The first-order chi connectivity index (χ1) is 6.09. The maximum absolute atomic E-state index is 8.19. The molecule has 6 heteroatoms. The number of rotatable bonds is 0. The van der Waals surface area contributed by atoms with E-state index in [4.69, 9.17) is 4.80 Å². The number of allylic oxidation sites excluding steroid dienone is 1. The minimum absolute atomic E-state index is 0. The van der Waals surface area contributed by atoms with Gasteiger partial charge < -0.3 is 29.6 Å². The number of hydrogen-bond donors (Lipinski definition) is 1. The van der Waals surface area contributed by atoms with Crippen molar-refractivity contribution in [3.05, 3.63) is 27.5 Å². The summed E-state index contributed by atoms with van der Waals surface area (Å²) >= 11 is 1.80.